The number of carbonyl (C=O) groups is 1. The van der Waals surface area contributed by atoms with Crippen molar-refractivity contribution in [3.05, 3.63) is 54.6 Å². The van der Waals surface area contributed by atoms with Crippen LogP contribution in [0.5, 0.6) is 0 Å². The standard InChI is InChI=1S/C23H25N6O8P/c1-28(2)15-8-4-5-12-13(15)6-3-7-14(12)23(31)37-19-16(9-35-38(32,33)34)36-22(18(19)30)29-11-27-17-20(24)25-10-26-21(17)29/h3-8,10-11,16,18-19,22,30H,9H2,1-2H3,(H2,24,25,26)(H2,32,33,34)/t16-,18-,19-,22-/m1/s1. The molecule has 0 bridgehead atoms. The van der Waals surface area contributed by atoms with Gasteiger partial charge in [-0.05, 0) is 17.5 Å². The molecule has 2 aromatic carbocycles. The average Bonchev–Trinajstić information content (AvgIpc) is 3.43. The Morgan fingerprint density at radius 2 is 1.89 bits per heavy atom. The highest BCUT2D eigenvalue weighted by molar-refractivity contribution is 7.46. The van der Waals surface area contributed by atoms with Crippen LogP contribution >= 0.6 is 7.82 Å². The number of imidazole rings is 1. The van der Waals surface area contributed by atoms with Gasteiger partial charge in [0.15, 0.2) is 23.8 Å². The molecule has 15 heteroatoms. The summed E-state index contributed by atoms with van der Waals surface area (Å²) in [5, 5.41) is 12.6. The molecule has 1 fully saturated rings. The van der Waals surface area contributed by atoms with Gasteiger partial charge in [-0.15, -0.1) is 0 Å². The minimum Gasteiger partial charge on any atom is -0.453 e. The van der Waals surface area contributed by atoms with Gasteiger partial charge in [0.2, 0.25) is 0 Å². The maximum Gasteiger partial charge on any atom is 0.469 e. The molecule has 200 valence electrons. The summed E-state index contributed by atoms with van der Waals surface area (Å²) in [4.78, 5) is 45.9. The van der Waals surface area contributed by atoms with Crippen LogP contribution in [0.15, 0.2) is 49.1 Å². The molecular weight excluding hydrogens is 519 g/mol. The molecule has 38 heavy (non-hydrogen) atoms. The topological polar surface area (TPSA) is 195 Å². The van der Waals surface area contributed by atoms with Crippen molar-refractivity contribution < 1.29 is 38.3 Å². The number of benzene rings is 2. The number of aliphatic hydroxyl groups excluding tert-OH is 1. The lowest BCUT2D eigenvalue weighted by atomic mass is 10.0. The van der Waals surface area contributed by atoms with Gasteiger partial charge in [0.25, 0.3) is 0 Å². The van der Waals surface area contributed by atoms with Crippen LogP contribution in [0.3, 0.4) is 0 Å². The monoisotopic (exact) mass is 544 g/mol. The number of nitrogen functional groups attached to an aromatic ring is 1. The summed E-state index contributed by atoms with van der Waals surface area (Å²) in [5.41, 5.74) is 7.49. The van der Waals surface area contributed by atoms with E-state index < -0.39 is 44.9 Å². The second kappa shape index (κ2) is 9.91. The molecular formula is C23H25N6O8P. The molecule has 0 radical (unpaired) electrons. The molecule has 4 atom stereocenters. The quantitative estimate of drug-likeness (QED) is 0.192. The van der Waals surface area contributed by atoms with Crippen LogP contribution < -0.4 is 10.6 Å². The van der Waals surface area contributed by atoms with Gasteiger partial charge >= 0.3 is 13.8 Å². The summed E-state index contributed by atoms with van der Waals surface area (Å²) in [6.07, 6.45) is -2.73. The lowest BCUT2D eigenvalue weighted by Crippen LogP contribution is -2.38. The number of aliphatic hydroxyl groups is 1. The number of fused-ring (bicyclic) bond motifs is 2. The number of rotatable bonds is 7. The van der Waals surface area contributed by atoms with E-state index >= 15 is 0 Å². The average molecular weight is 544 g/mol. The molecule has 1 saturated heterocycles. The van der Waals surface area contributed by atoms with Gasteiger partial charge in [-0.3, -0.25) is 9.09 Å². The van der Waals surface area contributed by atoms with Gasteiger partial charge in [0.05, 0.1) is 18.5 Å². The molecule has 0 unspecified atom stereocenters. The van der Waals surface area contributed by atoms with Crippen LogP contribution in [0.1, 0.15) is 16.6 Å². The van der Waals surface area contributed by atoms with Crippen LogP contribution in [0.2, 0.25) is 0 Å². The lowest BCUT2D eigenvalue weighted by molar-refractivity contribution is -0.0521. The van der Waals surface area contributed by atoms with Crippen LogP contribution in [-0.4, -0.2) is 79.4 Å². The highest BCUT2D eigenvalue weighted by Crippen LogP contribution is 2.40. The maximum atomic E-state index is 13.4. The summed E-state index contributed by atoms with van der Waals surface area (Å²) in [7, 11) is -1.12. The third kappa shape index (κ3) is 4.80. The summed E-state index contributed by atoms with van der Waals surface area (Å²) < 4.78 is 28.9. The number of phosphoric acid groups is 1. The van der Waals surface area contributed by atoms with E-state index in [-0.39, 0.29) is 22.5 Å². The number of esters is 1. The Bertz CT molecular complexity index is 1560. The first-order valence-electron chi connectivity index (χ1n) is 11.4. The van der Waals surface area contributed by atoms with Crippen LogP contribution in [0.4, 0.5) is 11.5 Å². The SMILES string of the molecule is CN(C)c1cccc2c(C(=O)O[C@H]3[C@@H](O)[C@H](n4cnc5c(N)ncnc54)O[C@@H]3COP(=O)(O)O)cccc12. The van der Waals surface area contributed by atoms with E-state index in [1.807, 2.05) is 37.2 Å². The van der Waals surface area contributed by atoms with Crippen molar-refractivity contribution >= 4 is 47.2 Å². The second-order valence-corrected chi connectivity index (χ2v) is 10.1. The number of nitrogens with two attached hydrogens (primary N) is 1. The number of hydrogen-bond acceptors (Lipinski definition) is 11. The molecule has 0 saturated carbocycles. The summed E-state index contributed by atoms with van der Waals surface area (Å²) in [6.45, 7) is -0.667. The first-order chi connectivity index (χ1) is 18.0. The van der Waals surface area contributed by atoms with Crippen molar-refractivity contribution in [3.63, 3.8) is 0 Å². The number of anilines is 2. The van der Waals surface area contributed by atoms with E-state index in [0.29, 0.717) is 5.39 Å². The largest absolute Gasteiger partial charge is 0.469 e. The first-order valence-corrected chi connectivity index (χ1v) is 12.9. The molecule has 0 spiro atoms. The number of nitrogens with zero attached hydrogens (tertiary/aromatic N) is 5. The minimum atomic E-state index is -4.89. The van der Waals surface area contributed by atoms with Gasteiger partial charge in [-0.1, -0.05) is 24.3 Å². The molecule has 3 heterocycles. The van der Waals surface area contributed by atoms with Crippen molar-refractivity contribution in [2.24, 2.45) is 0 Å². The Hall–Kier alpha value is -3.65. The number of ether oxygens (including phenoxy) is 2. The van der Waals surface area contributed by atoms with Gasteiger partial charge in [-0.25, -0.2) is 24.3 Å². The van der Waals surface area contributed by atoms with Gasteiger partial charge in [0, 0.05) is 25.2 Å². The Morgan fingerprint density at radius 3 is 2.63 bits per heavy atom. The highest BCUT2D eigenvalue weighted by Gasteiger charge is 2.48. The third-order valence-corrected chi connectivity index (χ3v) is 6.71. The predicted molar refractivity (Wildman–Crippen MR) is 135 cm³/mol. The van der Waals surface area contributed by atoms with Crippen LogP contribution in [0.25, 0.3) is 21.9 Å². The van der Waals surface area contributed by atoms with E-state index in [0.717, 1.165) is 11.1 Å². The van der Waals surface area contributed by atoms with E-state index in [4.69, 9.17) is 15.2 Å². The first kappa shape index (κ1) is 26.0. The Labute approximate surface area is 215 Å². The Balaban J connectivity index is 1.48. The summed E-state index contributed by atoms with van der Waals surface area (Å²) >= 11 is 0. The zero-order valence-corrected chi connectivity index (χ0v) is 21.2. The van der Waals surface area contributed by atoms with E-state index in [2.05, 4.69) is 19.5 Å². The van der Waals surface area contributed by atoms with Gasteiger partial charge in [-0.2, -0.15) is 0 Å². The van der Waals surface area contributed by atoms with Crippen molar-refractivity contribution in [1.29, 1.82) is 0 Å². The van der Waals surface area contributed by atoms with E-state index in [9.17, 15) is 24.3 Å². The van der Waals surface area contributed by atoms with Crippen molar-refractivity contribution in [1.82, 2.24) is 19.5 Å². The summed E-state index contributed by atoms with van der Waals surface area (Å²) in [5.74, 6) is -0.651. The van der Waals surface area contributed by atoms with E-state index in [1.165, 1.54) is 17.2 Å². The molecule has 0 aliphatic carbocycles. The fourth-order valence-corrected chi connectivity index (χ4v) is 4.85. The normalized spacial score (nSPS) is 21.7. The van der Waals surface area contributed by atoms with Crippen molar-refractivity contribution in [2.75, 3.05) is 31.3 Å². The smallest absolute Gasteiger partial charge is 0.453 e. The van der Waals surface area contributed by atoms with E-state index in [1.54, 1.807) is 18.2 Å². The summed E-state index contributed by atoms with van der Waals surface area (Å²) in [6, 6.07) is 10.7. The predicted octanol–water partition coefficient (Wildman–Crippen LogP) is 1.22. The fraction of sp³-hybridized carbons (Fsp3) is 0.304. The molecule has 0 amide bonds. The molecule has 14 nitrogen and oxygen atoms in total. The van der Waals surface area contributed by atoms with Crippen molar-refractivity contribution in [2.45, 2.75) is 24.5 Å². The van der Waals surface area contributed by atoms with Crippen molar-refractivity contribution in [3.8, 4) is 0 Å². The Morgan fingerprint density at radius 1 is 1.16 bits per heavy atom. The molecule has 1 aliphatic rings. The zero-order chi connectivity index (χ0) is 27.2. The number of carbonyl (C=O) groups excluding carboxylic acids is 1. The fourth-order valence-electron chi connectivity index (χ4n) is 4.50. The number of hydrogen-bond donors (Lipinski definition) is 4. The molecule has 1 aliphatic heterocycles. The van der Waals surface area contributed by atoms with Crippen LogP contribution in [0, 0.1) is 0 Å². The Kier molecular flexibility index (Phi) is 6.77. The van der Waals surface area contributed by atoms with Crippen LogP contribution in [-0.2, 0) is 18.6 Å². The molecule has 5 N–H and O–H groups in total. The van der Waals surface area contributed by atoms with Gasteiger partial charge in [0.1, 0.15) is 24.1 Å². The molecule has 5 rings (SSSR count). The second-order valence-electron chi connectivity index (χ2n) is 8.87. The molecule has 2 aromatic heterocycles. The number of phosphoric ester groups is 1. The maximum absolute atomic E-state index is 13.4. The zero-order valence-electron chi connectivity index (χ0n) is 20.3. The lowest BCUT2D eigenvalue weighted by Gasteiger charge is -2.22. The molecule has 4 aromatic rings. The van der Waals surface area contributed by atoms with Gasteiger partial charge < -0.3 is 35.0 Å². The third-order valence-electron chi connectivity index (χ3n) is 6.22. The number of aromatic nitrogens is 4. The highest BCUT2D eigenvalue weighted by atomic mass is 31.2. The minimum absolute atomic E-state index is 0.110.